The predicted molar refractivity (Wildman–Crippen MR) is 79.5 cm³/mol. The highest BCUT2D eigenvalue weighted by Gasteiger charge is 2.13. The number of halogens is 2. The maximum absolute atomic E-state index is 13.6. The summed E-state index contributed by atoms with van der Waals surface area (Å²) in [6.45, 7) is 2.04. The lowest BCUT2D eigenvalue weighted by molar-refractivity contribution is 0.414. The molecule has 0 heterocycles. The first-order valence-electron chi connectivity index (χ1n) is 6.14. The molecule has 0 N–H and O–H groups in total. The molecule has 0 spiro atoms. The summed E-state index contributed by atoms with van der Waals surface area (Å²) < 4.78 is 18.8. The van der Waals surface area contributed by atoms with Gasteiger partial charge in [0, 0.05) is 4.83 Å². The first-order chi connectivity index (χ1) is 9.11. The molecule has 0 aliphatic rings. The van der Waals surface area contributed by atoms with Crippen molar-refractivity contribution in [2.24, 2.45) is 0 Å². The van der Waals surface area contributed by atoms with E-state index in [0.29, 0.717) is 6.42 Å². The Morgan fingerprint density at radius 2 is 1.95 bits per heavy atom. The van der Waals surface area contributed by atoms with Crippen molar-refractivity contribution in [3.8, 4) is 5.75 Å². The Bertz CT molecular complexity index is 568. The topological polar surface area (TPSA) is 9.23 Å². The molecule has 1 nitrogen and oxygen atoms in total. The summed E-state index contributed by atoms with van der Waals surface area (Å²) in [7, 11) is 1.65. The molecule has 0 bridgehead atoms. The molecule has 2 aromatic rings. The largest absolute Gasteiger partial charge is 0.497 e. The highest BCUT2D eigenvalue weighted by molar-refractivity contribution is 9.09. The van der Waals surface area contributed by atoms with E-state index in [4.69, 9.17) is 4.74 Å². The Kier molecular flexibility index (Phi) is 4.59. The van der Waals surface area contributed by atoms with E-state index >= 15 is 0 Å². The molecule has 0 fully saturated rings. The third-order valence-electron chi connectivity index (χ3n) is 3.17. The van der Waals surface area contributed by atoms with Crippen LogP contribution in [0.4, 0.5) is 4.39 Å². The van der Waals surface area contributed by atoms with Crippen LogP contribution in [0, 0.1) is 12.7 Å². The SMILES string of the molecule is COc1ccc(C(Br)Cc2ccccc2F)c(C)c1. The van der Waals surface area contributed by atoms with E-state index < -0.39 is 0 Å². The number of alkyl halides is 1. The van der Waals surface area contributed by atoms with Crippen LogP contribution in [-0.4, -0.2) is 7.11 Å². The van der Waals surface area contributed by atoms with Gasteiger partial charge in [0.1, 0.15) is 11.6 Å². The van der Waals surface area contributed by atoms with Crippen LogP contribution in [0.3, 0.4) is 0 Å². The summed E-state index contributed by atoms with van der Waals surface area (Å²) in [5, 5.41) is 0. The molecule has 0 amide bonds. The third-order valence-corrected chi connectivity index (χ3v) is 3.99. The van der Waals surface area contributed by atoms with E-state index in [1.54, 1.807) is 13.2 Å². The van der Waals surface area contributed by atoms with Crippen LogP contribution < -0.4 is 4.74 Å². The number of ether oxygens (including phenoxy) is 1. The van der Waals surface area contributed by atoms with Gasteiger partial charge in [0.05, 0.1) is 7.11 Å². The second-order valence-electron chi connectivity index (χ2n) is 4.49. The van der Waals surface area contributed by atoms with Gasteiger partial charge in [-0.15, -0.1) is 0 Å². The Balaban J connectivity index is 2.21. The molecule has 1 unspecified atom stereocenters. The Morgan fingerprint density at radius 1 is 1.21 bits per heavy atom. The van der Waals surface area contributed by atoms with Gasteiger partial charge < -0.3 is 4.74 Å². The van der Waals surface area contributed by atoms with E-state index in [2.05, 4.69) is 15.9 Å². The number of aryl methyl sites for hydroxylation is 1. The van der Waals surface area contributed by atoms with Crippen LogP contribution in [0.1, 0.15) is 21.5 Å². The molecule has 0 aromatic heterocycles. The van der Waals surface area contributed by atoms with Gasteiger partial charge in [-0.05, 0) is 48.2 Å². The van der Waals surface area contributed by atoms with Crippen molar-refractivity contribution in [3.63, 3.8) is 0 Å². The molecule has 100 valence electrons. The van der Waals surface area contributed by atoms with E-state index in [1.807, 2.05) is 37.3 Å². The maximum atomic E-state index is 13.6. The molecule has 0 aliphatic heterocycles. The van der Waals surface area contributed by atoms with Crippen LogP contribution in [0.25, 0.3) is 0 Å². The van der Waals surface area contributed by atoms with Gasteiger partial charge in [0.2, 0.25) is 0 Å². The zero-order chi connectivity index (χ0) is 13.8. The fourth-order valence-corrected chi connectivity index (χ4v) is 2.96. The minimum absolute atomic E-state index is 0.0929. The van der Waals surface area contributed by atoms with Crippen molar-refractivity contribution >= 4 is 15.9 Å². The first-order valence-corrected chi connectivity index (χ1v) is 7.05. The molecule has 0 saturated carbocycles. The summed E-state index contributed by atoms with van der Waals surface area (Å²) in [5.74, 6) is 0.685. The van der Waals surface area contributed by atoms with Crippen molar-refractivity contribution in [1.29, 1.82) is 0 Å². The number of benzene rings is 2. The van der Waals surface area contributed by atoms with Crippen molar-refractivity contribution in [1.82, 2.24) is 0 Å². The van der Waals surface area contributed by atoms with Crippen LogP contribution in [0.5, 0.6) is 5.75 Å². The van der Waals surface area contributed by atoms with Gasteiger partial charge in [-0.2, -0.15) is 0 Å². The number of hydrogen-bond acceptors (Lipinski definition) is 1. The monoisotopic (exact) mass is 322 g/mol. The fourth-order valence-electron chi connectivity index (χ4n) is 2.09. The molecular formula is C16H16BrFO. The lowest BCUT2D eigenvalue weighted by atomic mass is 10.00. The summed E-state index contributed by atoms with van der Waals surface area (Å²) >= 11 is 3.65. The molecule has 0 aliphatic carbocycles. The number of rotatable bonds is 4. The smallest absolute Gasteiger partial charge is 0.126 e. The Morgan fingerprint density at radius 3 is 2.58 bits per heavy atom. The van der Waals surface area contributed by atoms with Crippen molar-refractivity contribution in [2.75, 3.05) is 7.11 Å². The molecule has 3 heteroatoms. The minimum Gasteiger partial charge on any atom is -0.497 e. The molecular weight excluding hydrogens is 307 g/mol. The van der Waals surface area contributed by atoms with E-state index in [0.717, 1.165) is 22.4 Å². The second-order valence-corrected chi connectivity index (χ2v) is 5.59. The summed E-state index contributed by atoms with van der Waals surface area (Å²) in [6.07, 6.45) is 0.625. The van der Waals surface area contributed by atoms with Crippen LogP contribution in [0.2, 0.25) is 0 Å². The van der Waals surface area contributed by atoms with Crippen LogP contribution in [-0.2, 0) is 6.42 Å². The zero-order valence-corrected chi connectivity index (χ0v) is 12.6. The molecule has 19 heavy (non-hydrogen) atoms. The van der Waals surface area contributed by atoms with E-state index in [1.165, 1.54) is 6.07 Å². The van der Waals surface area contributed by atoms with Crippen molar-refractivity contribution < 1.29 is 9.13 Å². The lowest BCUT2D eigenvalue weighted by Crippen LogP contribution is -2.00. The summed E-state index contributed by atoms with van der Waals surface area (Å²) in [6, 6.07) is 12.8. The minimum atomic E-state index is -0.155. The number of hydrogen-bond donors (Lipinski definition) is 0. The Hall–Kier alpha value is -1.35. The highest BCUT2D eigenvalue weighted by atomic mass is 79.9. The standard InChI is InChI=1S/C16H16BrFO/c1-11-9-13(19-2)7-8-14(11)15(17)10-12-5-3-4-6-16(12)18/h3-9,15H,10H2,1-2H3. The van der Waals surface area contributed by atoms with Gasteiger partial charge in [0.15, 0.2) is 0 Å². The summed E-state index contributed by atoms with van der Waals surface area (Å²) in [5.41, 5.74) is 3.02. The summed E-state index contributed by atoms with van der Waals surface area (Å²) in [4.78, 5) is 0.0929. The van der Waals surface area contributed by atoms with Crippen molar-refractivity contribution in [2.45, 2.75) is 18.2 Å². The molecule has 2 aromatic carbocycles. The second kappa shape index (κ2) is 6.20. The average Bonchev–Trinajstić information content (AvgIpc) is 2.41. The fraction of sp³-hybridized carbons (Fsp3) is 0.250. The number of methoxy groups -OCH3 is 1. The Labute approximate surface area is 121 Å². The van der Waals surface area contributed by atoms with Gasteiger partial charge in [-0.25, -0.2) is 4.39 Å². The quantitative estimate of drug-likeness (QED) is 0.733. The molecule has 0 radical (unpaired) electrons. The van der Waals surface area contributed by atoms with Gasteiger partial charge in [-0.1, -0.05) is 40.2 Å². The van der Waals surface area contributed by atoms with Gasteiger partial charge >= 0.3 is 0 Å². The highest BCUT2D eigenvalue weighted by Crippen LogP contribution is 2.31. The molecule has 1 atom stereocenters. The van der Waals surface area contributed by atoms with Crippen LogP contribution in [0.15, 0.2) is 42.5 Å². The normalized spacial score (nSPS) is 12.2. The molecule has 2 rings (SSSR count). The van der Waals surface area contributed by atoms with E-state index in [-0.39, 0.29) is 10.6 Å². The maximum Gasteiger partial charge on any atom is 0.126 e. The van der Waals surface area contributed by atoms with Crippen LogP contribution >= 0.6 is 15.9 Å². The van der Waals surface area contributed by atoms with Crippen molar-refractivity contribution in [3.05, 3.63) is 65.0 Å². The lowest BCUT2D eigenvalue weighted by Gasteiger charge is -2.14. The van der Waals surface area contributed by atoms with Gasteiger partial charge in [0.25, 0.3) is 0 Å². The first kappa shape index (κ1) is 14.1. The predicted octanol–water partition coefficient (Wildman–Crippen LogP) is 4.82. The van der Waals surface area contributed by atoms with Gasteiger partial charge in [-0.3, -0.25) is 0 Å². The average molecular weight is 323 g/mol. The van der Waals surface area contributed by atoms with E-state index in [9.17, 15) is 4.39 Å². The molecule has 0 saturated heterocycles. The third kappa shape index (κ3) is 3.35. The zero-order valence-electron chi connectivity index (χ0n) is 11.0.